The van der Waals surface area contributed by atoms with Crippen LogP contribution in [0, 0.1) is 0 Å². The molecule has 1 aromatic rings. The molecular formula is C11H13F3N2O2. The van der Waals surface area contributed by atoms with Gasteiger partial charge in [-0.25, -0.2) is 0 Å². The SMILES string of the molecule is Nc1ccc(N2CC(O)C(O)C2)c(C(F)(F)F)c1. The van der Waals surface area contributed by atoms with Gasteiger partial charge in [-0.15, -0.1) is 0 Å². The minimum absolute atomic E-state index is 0.0198. The summed E-state index contributed by atoms with van der Waals surface area (Å²) in [5.74, 6) is 0. The fraction of sp³-hybridized carbons (Fsp3) is 0.455. The van der Waals surface area contributed by atoms with E-state index in [-0.39, 0.29) is 24.5 Å². The first-order chi connectivity index (χ1) is 8.29. The van der Waals surface area contributed by atoms with Gasteiger partial charge < -0.3 is 20.8 Å². The number of hydrogen-bond acceptors (Lipinski definition) is 4. The highest BCUT2D eigenvalue weighted by Gasteiger charge is 2.38. The molecule has 2 unspecified atom stereocenters. The molecule has 2 atom stereocenters. The molecule has 100 valence electrons. The zero-order valence-electron chi connectivity index (χ0n) is 9.35. The predicted octanol–water partition coefficient (Wildman–Crippen LogP) is 0.829. The second kappa shape index (κ2) is 4.33. The van der Waals surface area contributed by atoms with Gasteiger partial charge in [-0.3, -0.25) is 0 Å². The van der Waals surface area contributed by atoms with E-state index >= 15 is 0 Å². The fourth-order valence-electron chi connectivity index (χ4n) is 2.02. The van der Waals surface area contributed by atoms with Crippen molar-refractivity contribution in [2.24, 2.45) is 0 Å². The molecule has 4 N–H and O–H groups in total. The van der Waals surface area contributed by atoms with Crippen molar-refractivity contribution in [3.63, 3.8) is 0 Å². The van der Waals surface area contributed by atoms with E-state index < -0.39 is 23.9 Å². The molecular weight excluding hydrogens is 249 g/mol. The number of nitrogens with two attached hydrogens (primary N) is 1. The number of benzene rings is 1. The molecule has 0 aromatic heterocycles. The molecule has 1 fully saturated rings. The van der Waals surface area contributed by atoms with Crippen molar-refractivity contribution in [3.8, 4) is 0 Å². The van der Waals surface area contributed by atoms with Crippen LogP contribution in [0.3, 0.4) is 0 Å². The largest absolute Gasteiger partial charge is 0.418 e. The monoisotopic (exact) mass is 262 g/mol. The molecule has 1 saturated heterocycles. The molecule has 18 heavy (non-hydrogen) atoms. The van der Waals surface area contributed by atoms with Crippen molar-refractivity contribution in [3.05, 3.63) is 23.8 Å². The minimum Gasteiger partial charge on any atom is -0.399 e. The van der Waals surface area contributed by atoms with Gasteiger partial charge in [0, 0.05) is 24.5 Å². The summed E-state index contributed by atoms with van der Waals surface area (Å²) in [6, 6.07) is 3.47. The average molecular weight is 262 g/mol. The van der Waals surface area contributed by atoms with E-state index in [9.17, 15) is 23.4 Å². The Labute approximate surface area is 101 Å². The summed E-state index contributed by atoms with van der Waals surface area (Å²) >= 11 is 0. The lowest BCUT2D eigenvalue weighted by atomic mass is 10.1. The van der Waals surface area contributed by atoms with Crippen LogP contribution in [0.1, 0.15) is 5.56 Å². The van der Waals surface area contributed by atoms with E-state index in [1.54, 1.807) is 0 Å². The first-order valence-electron chi connectivity index (χ1n) is 5.37. The Balaban J connectivity index is 2.39. The highest BCUT2D eigenvalue weighted by atomic mass is 19.4. The number of nitrogen functional groups attached to an aromatic ring is 1. The van der Waals surface area contributed by atoms with Gasteiger partial charge in [-0.1, -0.05) is 0 Å². The highest BCUT2D eigenvalue weighted by molar-refractivity contribution is 5.61. The molecule has 1 heterocycles. The minimum atomic E-state index is -4.52. The lowest BCUT2D eigenvalue weighted by Gasteiger charge is -2.22. The second-order valence-corrected chi connectivity index (χ2v) is 4.31. The molecule has 0 spiro atoms. The van der Waals surface area contributed by atoms with Gasteiger partial charge in [-0.05, 0) is 18.2 Å². The van der Waals surface area contributed by atoms with Crippen LogP contribution in [-0.2, 0) is 6.18 Å². The van der Waals surface area contributed by atoms with Gasteiger partial charge in [0.25, 0.3) is 0 Å². The van der Waals surface area contributed by atoms with Gasteiger partial charge >= 0.3 is 6.18 Å². The normalized spacial score (nSPS) is 24.6. The Bertz CT molecular complexity index is 440. The molecule has 0 bridgehead atoms. The Morgan fingerprint density at radius 1 is 1.17 bits per heavy atom. The van der Waals surface area contributed by atoms with Gasteiger partial charge in [0.2, 0.25) is 0 Å². The number of aliphatic hydroxyl groups is 2. The summed E-state index contributed by atoms with van der Waals surface area (Å²) < 4.78 is 38.6. The van der Waals surface area contributed by atoms with Crippen molar-refractivity contribution >= 4 is 11.4 Å². The predicted molar refractivity (Wildman–Crippen MR) is 60.1 cm³/mol. The second-order valence-electron chi connectivity index (χ2n) is 4.31. The van der Waals surface area contributed by atoms with E-state index in [4.69, 9.17) is 5.73 Å². The summed E-state index contributed by atoms with van der Waals surface area (Å²) in [6.45, 7) is -0.0671. The zero-order chi connectivity index (χ0) is 13.5. The van der Waals surface area contributed by atoms with Crippen LogP contribution in [0.25, 0.3) is 0 Å². The first-order valence-corrected chi connectivity index (χ1v) is 5.37. The third-order valence-electron chi connectivity index (χ3n) is 2.93. The highest BCUT2D eigenvalue weighted by Crippen LogP contribution is 2.38. The maximum absolute atomic E-state index is 12.9. The topological polar surface area (TPSA) is 69.7 Å². The number of nitrogens with zero attached hydrogens (tertiary/aromatic N) is 1. The van der Waals surface area contributed by atoms with Crippen LogP contribution in [0.4, 0.5) is 24.5 Å². The van der Waals surface area contributed by atoms with Crippen LogP contribution >= 0.6 is 0 Å². The molecule has 0 amide bonds. The van der Waals surface area contributed by atoms with E-state index in [1.165, 1.54) is 17.0 Å². The molecule has 4 nitrogen and oxygen atoms in total. The average Bonchev–Trinajstić information content (AvgIpc) is 2.57. The number of β-amino-alcohol motifs (C(OH)–C–C–N with tert-alkyl or cyclic N) is 2. The molecule has 2 rings (SSSR count). The quantitative estimate of drug-likeness (QED) is 0.656. The summed E-state index contributed by atoms with van der Waals surface area (Å²) in [4.78, 5) is 1.30. The van der Waals surface area contributed by atoms with Crippen molar-refractivity contribution in [1.82, 2.24) is 0 Å². The fourth-order valence-corrected chi connectivity index (χ4v) is 2.02. The molecule has 0 aliphatic carbocycles. The lowest BCUT2D eigenvalue weighted by molar-refractivity contribution is -0.137. The van der Waals surface area contributed by atoms with Crippen LogP contribution in [-0.4, -0.2) is 35.5 Å². The first kappa shape index (κ1) is 13.0. The van der Waals surface area contributed by atoms with Gasteiger partial charge in [0.05, 0.1) is 17.8 Å². The number of alkyl halides is 3. The van der Waals surface area contributed by atoms with Crippen LogP contribution < -0.4 is 10.6 Å². The number of halogens is 3. The van der Waals surface area contributed by atoms with Crippen molar-refractivity contribution in [2.45, 2.75) is 18.4 Å². The van der Waals surface area contributed by atoms with E-state index in [0.717, 1.165) is 6.07 Å². The zero-order valence-corrected chi connectivity index (χ0v) is 9.35. The Hall–Kier alpha value is -1.47. The van der Waals surface area contributed by atoms with Crippen molar-refractivity contribution < 1.29 is 23.4 Å². The van der Waals surface area contributed by atoms with Gasteiger partial charge in [0.15, 0.2) is 0 Å². The van der Waals surface area contributed by atoms with E-state index in [2.05, 4.69) is 0 Å². The Morgan fingerprint density at radius 3 is 2.22 bits per heavy atom. The van der Waals surface area contributed by atoms with E-state index in [0.29, 0.717) is 0 Å². The molecule has 1 aromatic carbocycles. The number of anilines is 2. The maximum atomic E-state index is 12.9. The summed E-state index contributed by atoms with van der Waals surface area (Å²) in [5, 5.41) is 18.8. The molecule has 1 aliphatic rings. The molecule has 0 saturated carbocycles. The maximum Gasteiger partial charge on any atom is 0.418 e. The van der Waals surface area contributed by atoms with Crippen LogP contribution in [0.2, 0.25) is 0 Å². The van der Waals surface area contributed by atoms with Crippen molar-refractivity contribution in [2.75, 3.05) is 23.7 Å². The third kappa shape index (κ3) is 2.37. The number of rotatable bonds is 1. The molecule has 1 aliphatic heterocycles. The number of aliphatic hydroxyl groups excluding tert-OH is 2. The van der Waals surface area contributed by atoms with Crippen LogP contribution in [0.5, 0.6) is 0 Å². The Morgan fingerprint density at radius 2 is 1.72 bits per heavy atom. The lowest BCUT2D eigenvalue weighted by Crippen LogP contribution is -2.24. The summed E-state index contributed by atoms with van der Waals surface area (Å²) in [5.41, 5.74) is 4.45. The molecule has 0 radical (unpaired) electrons. The van der Waals surface area contributed by atoms with E-state index in [1.807, 2.05) is 0 Å². The smallest absolute Gasteiger partial charge is 0.399 e. The van der Waals surface area contributed by atoms with Crippen LogP contribution in [0.15, 0.2) is 18.2 Å². The molecule has 7 heteroatoms. The van der Waals surface area contributed by atoms with Crippen molar-refractivity contribution in [1.29, 1.82) is 0 Å². The Kier molecular flexibility index (Phi) is 3.12. The summed E-state index contributed by atoms with van der Waals surface area (Å²) in [7, 11) is 0. The van der Waals surface area contributed by atoms with Gasteiger partial charge in [0.1, 0.15) is 0 Å². The van der Waals surface area contributed by atoms with Gasteiger partial charge in [-0.2, -0.15) is 13.2 Å². The third-order valence-corrected chi connectivity index (χ3v) is 2.93. The standard InChI is InChI=1S/C11H13F3N2O2/c12-11(13,14)7-3-6(15)1-2-8(7)16-4-9(17)10(18)5-16/h1-3,9-10,17-18H,4-5,15H2. The summed E-state index contributed by atoms with van der Waals surface area (Å²) in [6.07, 6.45) is -6.60. The number of hydrogen-bond donors (Lipinski definition) is 3.